The number of benzene rings is 2. The third kappa shape index (κ3) is 7.02. The molecule has 0 radical (unpaired) electrons. The maximum absolute atomic E-state index is 17.1. The molecule has 3 saturated heterocycles. The molecule has 0 saturated carbocycles. The van der Waals surface area contributed by atoms with E-state index in [0.717, 1.165) is 23.5 Å². The second kappa shape index (κ2) is 13.6. The number of alkyl halides is 4. The molecule has 7 rings (SSSR count). The van der Waals surface area contributed by atoms with Crippen LogP contribution in [0.4, 0.5) is 46.9 Å². The van der Waals surface area contributed by atoms with Crippen LogP contribution in [0.5, 0.6) is 6.01 Å². The zero-order chi connectivity index (χ0) is 38.9. The number of nitrogens with one attached hydrogen (secondary N) is 1. The van der Waals surface area contributed by atoms with Crippen LogP contribution in [-0.4, -0.2) is 105 Å². The standard InChI is InChI=1S/C35H37F6N7O5S/c1-33(2,3)53-31(49)45-30-43-26-19(6-7-22(37)27(26)54-30)23-21(35(39,40)41)12-20-25(24(23)38)42-29(52-16-34-9-5-10-48(34)14-17(36)13-34)44-28(20)46(4)18-8-11-47(15-18)32(50)51/h6-7,12,17-18H,5,8-11,13-16H2,1-4H3,(H,50,51)(H,43,45,49)/t17-,18-,34+/m1/s1. The summed E-state index contributed by atoms with van der Waals surface area (Å²) in [6.07, 6.45) is -6.39. The number of aromatic nitrogens is 3. The highest BCUT2D eigenvalue weighted by Crippen LogP contribution is 2.47. The second-order valence-corrected chi connectivity index (χ2v) is 15.9. The fourth-order valence-corrected chi connectivity index (χ4v) is 8.57. The number of thiazole rings is 1. The van der Waals surface area contributed by atoms with E-state index in [9.17, 15) is 19.1 Å². The Balaban J connectivity index is 1.38. The average Bonchev–Trinajstić information content (AvgIpc) is 3.86. The number of hydrogen-bond donors (Lipinski definition) is 2. The van der Waals surface area contributed by atoms with Gasteiger partial charge in [-0.2, -0.15) is 23.1 Å². The van der Waals surface area contributed by atoms with Crippen molar-refractivity contribution in [3.63, 3.8) is 0 Å². The molecule has 3 fully saturated rings. The summed E-state index contributed by atoms with van der Waals surface area (Å²) in [7, 11) is 1.51. The fourth-order valence-electron chi connectivity index (χ4n) is 7.69. The maximum Gasteiger partial charge on any atom is 0.417 e. The summed E-state index contributed by atoms with van der Waals surface area (Å²) in [5.74, 6) is -2.43. The lowest BCUT2D eigenvalue weighted by Gasteiger charge is -2.31. The molecule has 3 aliphatic heterocycles. The Bertz CT molecular complexity index is 2150. The van der Waals surface area contributed by atoms with Gasteiger partial charge in [0, 0.05) is 55.7 Å². The van der Waals surface area contributed by atoms with Gasteiger partial charge in [-0.3, -0.25) is 10.2 Å². The molecule has 0 unspecified atom stereocenters. The van der Waals surface area contributed by atoms with E-state index in [1.807, 2.05) is 4.90 Å². The highest BCUT2D eigenvalue weighted by molar-refractivity contribution is 7.22. The number of likely N-dealkylation sites (N-methyl/N-ethyl adjacent to an activating group) is 1. The lowest BCUT2D eigenvalue weighted by molar-refractivity contribution is -0.137. The number of carboxylic acid groups (broad SMARTS) is 1. The Morgan fingerprint density at radius 1 is 1.11 bits per heavy atom. The lowest BCUT2D eigenvalue weighted by atomic mass is 9.95. The quantitative estimate of drug-likeness (QED) is 0.180. The van der Waals surface area contributed by atoms with Crippen molar-refractivity contribution in [3.05, 3.63) is 35.4 Å². The minimum atomic E-state index is -5.16. The van der Waals surface area contributed by atoms with Gasteiger partial charge in [-0.25, -0.2) is 27.7 Å². The summed E-state index contributed by atoms with van der Waals surface area (Å²) in [4.78, 5) is 41.7. The Labute approximate surface area is 309 Å². The Morgan fingerprint density at radius 2 is 1.87 bits per heavy atom. The SMILES string of the molecule is CN(c1nc(OC[C@@]23CCCN2C[C@H](F)C3)nc2c(F)c(-c3ccc(F)c4sc(NC(=O)OC(C)(C)C)nc34)c(C(F)(F)F)cc12)[C@@H]1CCN(C(=O)O)C1. The lowest BCUT2D eigenvalue weighted by Crippen LogP contribution is -2.43. The molecule has 54 heavy (non-hydrogen) atoms. The van der Waals surface area contributed by atoms with Crippen LogP contribution >= 0.6 is 11.3 Å². The molecule has 2 N–H and O–H groups in total. The van der Waals surface area contributed by atoms with E-state index in [1.165, 1.54) is 11.9 Å². The zero-order valence-electron chi connectivity index (χ0n) is 29.7. The van der Waals surface area contributed by atoms with Crippen molar-refractivity contribution >= 4 is 55.6 Å². The van der Waals surface area contributed by atoms with E-state index in [1.54, 1.807) is 20.8 Å². The van der Waals surface area contributed by atoms with Crippen LogP contribution in [0.2, 0.25) is 0 Å². The molecular weight excluding hydrogens is 744 g/mol. The van der Waals surface area contributed by atoms with Crippen molar-refractivity contribution in [1.29, 1.82) is 0 Å². The average molecular weight is 782 g/mol. The molecular formula is C35H37F6N7O5S. The minimum absolute atomic E-state index is 0.00717. The van der Waals surface area contributed by atoms with Gasteiger partial charge in [0.1, 0.15) is 35.5 Å². The van der Waals surface area contributed by atoms with Gasteiger partial charge in [0.15, 0.2) is 10.9 Å². The molecule has 0 aliphatic carbocycles. The summed E-state index contributed by atoms with van der Waals surface area (Å²) >= 11 is 0.630. The number of hydrogen-bond acceptors (Lipinski definition) is 10. The van der Waals surface area contributed by atoms with Gasteiger partial charge in [-0.15, -0.1) is 0 Å². The van der Waals surface area contributed by atoms with E-state index in [4.69, 9.17) is 9.47 Å². The van der Waals surface area contributed by atoms with Gasteiger partial charge in [-0.1, -0.05) is 11.3 Å². The smallest absolute Gasteiger partial charge is 0.417 e. The molecule has 3 atom stereocenters. The fraction of sp³-hybridized carbons (Fsp3) is 0.514. The molecule has 2 amide bonds. The molecule has 4 aromatic rings. The van der Waals surface area contributed by atoms with E-state index in [-0.39, 0.29) is 65.2 Å². The van der Waals surface area contributed by atoms with Crippen LogP contribution in [0.3, 0.4) is 0 Å². The van der Waals surface area contributed by atoms with Crippen LogP contribution in [0.25, 0.3) is 32.2 Å². The van der Waals surface area contributed by atoms with Crippen LogP contribution < -0.4 is 15.0 Å². The molecule has 2 aromatic heterocycles. The number of nitrogens with zero attached hydrogens (tertiary/aromatic N) is 6. The van der Waals surface area contributed by atoms with Crippen molar-refractivity contribution in [2.24, 2.45) is 0 Å². The Hall–Kier alpha value is -4.65. The van der Waals surface area contributed by atoms with Crippen molar-refractivity contribution in [2.45, 2.75) is 76.0 Å². The number of rotatable bonds is 7. The molecule has 3 aliphatic rings. The second-order valence-electron chi connectivity index (χ2n) is 14.9. The molecule has 290 valence electrons. The zero-order valence-corrected chi connectivity index (χ0v) is 30.5. The van der Waals surface area contributed by atoms with E-state index >= 15 is 22.0 Å². The summed E-state index contributed by atoms with van der Waals surface area (Å²) in [5, 5.41) is 11.4. The van der Waals surface area contributed by atoms with E-state index < -0.39 is 75.6 Å². The first kappa shape index (κ1) is 37.7. The Morgan fingerprint density at radius 3 is 2.56 bits per heavy atom. The van der Waals surface area contributed by atoms with Crippen LogP contribution in [0, 0.1) is 11.6 Å². The van der Waals surface area contributed by atoms with Gasteiger partial charge < -0.3 is 24.4 Å². The number of carbonyl (C=O) groups excluding carboxylic acids is 1. The number of ether oxygens (including phenoxy) is 2. The third-order valence-electron chi connectivity index (χ3n) is 10.1. The summed E-state index contributed by atoms with van der Waals surface area (Å²) in [6, 6.07) is 1.65. The first-order valence-electron chi connectivity index (χ1n) is 17.3. The summed E-state index contributed by atoms with van der Waals surface area (Å²) in [5.41, 5.74) is -5.27. The van der Waals surface area contributed by atoms with Gasteiger partial charge in [-0.05, 0) is 64.8 Å². The van der Waals surface area contributed by atoms with Crippen LogP contribution in [0.1, 0.15) is 52.0 Å². The topological polar surface area (TPSA) is 133 Å². The van der Waals surface area contributed by atoms with Crippen molar-refractivity contribution in [3.8, 4) is 17.1 Å². The highest BCUT2D eigenvalue weighted by atomic mass is 32.1. The van der Waals surface area contributed by atoms with Crippen LogP contribution in [0.15, 0.2) is 18.2 Å². The number of anilines is 2. The molecule has 0 spiro atoms. The number of fused-ring (bicyclic) bond motifs is 3. The largest absolute Gasteiger partial charge is 0.465 e. The monoisotopic (exact) mass is 781 g/mol. The number of likely N-dealkylation sites (tertiary alicyclic amines) is 1. The molecule has 19 heteroatoms. The predicted molar refractivity (Wildman–Crippen MR) is 188 cm³/mol. The van der Waals surface area contributed by atoms with Gasteiger partial charge in [0.05, 0.1) is 21.3 Å². The van der Waals surface area contributed by atoms with Crippen molar-refractivity contribution in [2.75, 3.05) is 50.1 Å². The first-order chi connectivity index (χ1) is 25.3. The van der Waals surface area contributed by atoms with Gasteiger partial charge >= 0.3 is 24.4 Å². The molecule has 5 heterocycles. The van der Waals surface area contributed by atoms with Crippen molar-refractivity contribution < 1.29 is 50.5 Å². The molecule has 12 nitrogen and oxygen atoms in total. The van der Waals surface area contributed by atoms with Gasteiger partial charge in [0.2, 0.25) is 0 Å². The van der Waals surface area contributed by atoms with Gasteiger partial charge in [0.25, 0.3) is 0 Å². The first-order valence-corrected chi connectivity index (χ1v) is 18.1. The van der Waals surface area contributed by atoms with Crippen molar-refractivity contribution in [1.82, 2.24) is 24.8 Å². The van der Waals surface area contributed by atoms with E-state index in [2.05, 4.69) is 20.3 Å². The minimum Gasteiger partial charge on any atom is -0.465 e. The highest BCUT2D eigenvalue weighted by Gasteiger charge is 2.49. The molecule has 2 aromatic carbocycles. The molecule has 0 bridgehead atoms. The van der Waals surface area contributed by atoms with E-state index in [0.29, 0.717) is 36.8 Å². The summed E-state index contributed by atoms with van der Waals surface area (Å²) in [6.45, 7) is 5.84. The maximum atomic E-state index is 17.1. The Kier molecular flexibility index (Phi) is 9.47. The normalized spacial score (nSPS) is 21.9. The third-order valence-corrected chi connectivity index (χ3v) is 11.1. The predicted octanol–water partition coefficient (Wildman–Crippen LogP) is 7.69. The summed E-state index contributed by atoms with van der Waals surface area (Å²) < 4.78 is 103. The number of halogens is 6. The number of amides is 2. The van der Waals surface area contributed by atoms with Crippen LogP contribution in [-0.2, 0) is 10.9 Å². The number of carbonyl (C=O) groups is 2.